The van der Waals surface area contributed by atoms with Crippen molar-refractivity contribution in [1.82, 2.24) is 9.97 Å². The molecule has 6 aromatic rings. The lowest BCUT2D eigenvalue weighted by atomic mass is 9.64. The van der Waals surface area contributed by atoms with Gasteiger partial charge >= 0.3 is 0 Å². The second-order valence-electron chi connectivity index (χ2n) is 9.80. The van der Waals surface area contributed by atoms with Crippen LogP contribution >= 0.6 is 0 Å². The van der Waals surface area contributed by atoms with E-state index in [1.54, 1.807) is 0 Å². The molecule has 0 unspecified atom stereocenters. The van der Waals surface area contributed by atoms with Crippen LogP contribution in [0.15, 0.2) is 84.9 Å². The summed E-state index contributed by atoms with van der Waals surface area (Å²) in [5.41, 5.74) is 12.4. The van der Waals surface area contributed by atoms with E-state index in [0.717, 1.165) is 22.4 Å². The normalized spacial score (nSPS) is 17.7. The molecule has 0 radical (unpaired) electrons. The molecule has 0 saturated carbocycles. The number of fused-ring (bicyclic) bond motifs is 3. The van der Waals surface area contributed by atoms with Crippen molar-refractivity contribution in [2.45, 2.75) is 25.7 Å². The van der Waals surface area contributed by atoms with Crippen LogP contribution in [0.5, 0.6) is 0 Å². The van der Waals surface area contributed by atoms with Gasteiger partial charge in [0, 0.05) is 0 Å². The second-order valence-corrected chi connectivity index (χ2v) is 9.80. The van der Waals surface area contributed by atoms with Gasteiger partial charge in [-0.05, 0) is 80.9 Å². The Kier molecular flexibility index (Phi) is 3.41. The number of nitrogens with zero attached hydrogens (tertiary/aromatic N) is 2. The number of benzene rings is 5. The van der Waals surface area contributed by atoms with Crippen molar-refractivity contribution in [3.8, 4) is 0 Å². The fourth-order valence-electron chi connectivity index (χ4n) is 6.60. The molecule has 0 amide bonds. The number of aromatic nitrogens is 2. The van der Waals surface area contributed by atoms with Crippen LogP contribution in [0.2, 0.25) is 0 Å². The molecule has 2 nitrogen and oxygen atoms in total. The smallest absolute Gasteiger partial charge is 0.0897 e. The molecule has 160 valence electrons. The minimum atomic E-state index is 0.152. The van der Waals surface area contributed by atoms with Gasteiger partial charge in [0.1, 0.15) is 0 Å². The predicted octanol–water partition coefficient (Wildman–Crippen LogP) is 7.54. The third kappa shape index (κ3) is 2.16. The van der Waals surface area contributed by atoms with Crippen molar-refractivity contribution in [1.29, 1.82) is 0 Å². The summed E-state index contributed by atoms with van der Waals surface area (Å²) in [5.74, 6) is 0.305. The lowest BCUT2D eigenvalue weighted by Crippen LogP contribution is -2.29. The monoisotopic (exact) mass is 434 g/mol. The average Bonchev–Trinajstić information content (AvgIpc) is 2.89. The Bertz CT molecular complexity index is 1670. The van der Waals surface area contributed by atoms with Crippen LogP contribution < -0.4 is 0 Å². The lowest BCUT2D eigenvalue weighted by Gasteiger charge is -2.40. The van der Waals surface area contributed by atoms with Crippen LogP contribution in [0.3, 0.4) is 0 Å². The molecule has 0 aliphatic heterocycles. The maximum absolute atomic E-state index is 5.33. The van der Waals surface area contributed by atoms with Gasteiger partial charge in [-0.1, -0.05) is 72.8 Å². The summed E-state index contributed by atoms with van der Waals surface area (Å²) in [6, 6.07) is 31.0. The van der Waals surface area contributed by atoms with E-state index in [1.807, 2.05) is 0 Å². The van der Waals surface area contributed by atoms with Crippen LogP contribution in [0, 0.1) is 13.8 Å². The maximum atomic E-state index is 5.33. The molecule has 0 atom stereocenters. The number of rotatable bonds is 0. The highest BCUT2D eigenvalue weighted by molar-refractivity contribution is 6.09. The van der Waals surface area contributed by atoms with Crippen molar-refractivity contribution in [3.05, 3.63) is 130 Å². The second kappa shape index (κ2) is 6.30. The van der Waals surface area contributed by atoms with E-state index in [9.17, 15) is 0 Å². The largest absolute Gasteiger partial charge is 0.248 e. The number of hydrogen-bond acceptors (Lipinski definition) is 2. The Hall–Kier alpha value is -4.04. The highest BCUT2D eigenvalue weighted by Gasteiger charge is 2.43. The molecule has 1 aromatic heterocycles. The first-order valence-corrected chi connectivity index (χ1v) is 12.0. The van der Waals surface area contributed by atoms with E-state index < -0.39 is 0 Å². The molecule has 0 saturated heterocycles. The lowest BCUT2D eigenvalue weighted by molar-refractivity contribution is 0.709. The summed E-state index contributed by atoms with van der Waals surface area (Å²) < 4.78 is 0. The van der Waals surface area contributed by atoms with Gasteiger partial charge < -0.3 is 0 Å². The summed E-state index contributed by atoms with van der Waals surface area (Å²) in [5, 5.41) is 5.19. The summed E-state index contributed by atoms with van der Waals surface area (Å²) in [6.45, 7) is 4.46. The molecule has 0 spiro atoms. The van der Waals surface area contributed by atoms with Gasteiger partial charge in [0.15, 0.2) is 0 Å². The topological polar surface area (TPSA) is 25.8 Å². The van der Waals surface area contributed by atoms with Crippen LogP contribution in [-0.2, 0) is 0 Å². The molecule has 3 aliphatic rings. The quantitative estimate of drug-likeness (QED) is 0.230. The summed E-state index contributed by atoms with van der Waals surface area (Å²) in [6.07, 6.45) is 0. The van der Waals surface area contributed by atoms with Crippen molar-refractivity contribution in [2.75, 3.05) is 0 Å². The van der Waals surface area contributed by atoms with Gasteiger partial charge in [0.25, 0.3) is 0 Å². The SMILES string of the molecule is Cc1c2ccccc2c(C)c2cc3nc4c(nc3cc12)C1c2ccccc2C4c2ccccc21. The van der Waals surface area contributed by atoms with Crippen molar-refractivity contribution in [2.24, 2.45) is 0 Å². The van der Waals surface area contributed by atoms with Crippen LogP contribution in [0.1, 0.15) is 56.6 Å². The Labute approximate surface area is 197 Å². The van der Waals surface area contributed by atoms with Crippen molar-refractivity contribution >= 4 is 32.6 Å². The first kappa shape index (κ1) is 18.4. The van der Waals surface area contributed by atoms with Gasteiger partial charge in [0.2, 0.25) is 0 Å². The van der Waals surface area contributed by atoms with E-state index in [2.05, 4.69) is 98.8 Å². The Morgan fingerprint density at radius 2 is 0.824 bits per heavy atom. The van der Waals surface area contributed by atoms with Gasteiger partial charge in [-0.2, -0.15) is 0 Å². The minimum Gasteiger partial charge on any atom is -0.248 e. The van der Waals surface area contributed by atoms with Crippen LogP contribution in [0.4, 0.5) is 0 Å². The third-order valence-corrected chi connectivity index (χ3v) is 8.18. The Balaban J connectivity index is 1.48. The molecule has 5 aromatic carbocycles. The predicted molar refractivity (Wildman–Crippen MR) is 139 cm³/mol. The first-order chi connectivity index (χ1) is 16.7. The van der Waals surface area contributed by atoms with Gasteiger partial charge in [-0.25, -0.2) is 9.97 Å². The Morgan fingerprint density at radius 1 is 0.471 bits per heavy atom. The van der Waals surface area contributed by atoms with E-state index in [4.69, 9.17) is 9.97 Å². The molecule has 0 N–H and O–H groups in total. The maximum Gasteiger partial charge on any atom is 0.0897 e. The molecule has 1 heterocycles. The van der Waals surface area contributed by atoms with E-state index in [0.29, 0.717) is 0 Å². The number of hydrogen-bond donors (Lipinski definition) is 0. The minimum absolute atomic E-state index is 0.152. The summed E-state index contributed by atoms with van der Waals surface area (Å²) in [7, 11) is 0. The average molecular weight is 435 g/mol. The van der Waals surface area contributed by atoms with E-state index in [1.165, 1.54) is 54.9 Å². The molecule has 9 rings (SSSR count). The zero-order valence-corrected chi connectivity index (χ0v) is 19.1. The van der Waals surface area contributed by atoms with Crippen molar-refractivity contribution < 1.29 is 0 Å². The molecule has 0 fully saturated rings. The molecule has 34 heavy (non-hydrogen) atoms. The summed E-state index contributed by atoms with van der Waals surface area (Å²) in [4.78, 5) is 10.7. The highest BCUT2D eigenvalue weighted by Crippen LogP contribution is 2.54. The fraction of sp³-hybridized carbons (Fsp3) is 0.125. The zero-order valence-electron chi connectivity index (χ0n) is 19.1. The van der Waals surface area contributed by atoms with E-state index >= 15 is 0 Å². The standard InChI is InChI=1S/C32H22N2/c1-17-19-9-3-4-10-20(19)18(2)26-16-28-27(15-25(17)26)33-31-29-21-11-5-7-13-23(21)30(32(31)34-28)24-14-8-6-12-22(24)29/h3-16,29-30H,1-2H3. The number of aryl methyl sites for hydroxylation is 2. The Morgan fingerprint density at radius 3 is 1.21 bits per heavy atom. The van der Waals surface area contributed by atoms with Crippen molar-refractivity contribution in [3.63, 3.8) is 0 Å². The molecule has 2 heteroatoms. The van der Waals surface area contributed by atoms with Crippen LogP contribution in [0.25, 0.3) is 32.6 Å². The van der Waals surface area contributed by atoms with Gasteiger partial charge in [0.05, 0.1) is 34.3 Å². The summed E-state index contributed by atoms with van der Waals surface area (Å²) >= 11 is 0. The highest BCUT2D eigenvalue weighted by atomic mass is 14.9. The first-order valence-electron chi connectivity index (χ1n) is 12.0. The van der Waals surface area contributed by atoms with Crippen LogP contribution in [-0.4, -0.2) is 9.97 Å². The fourth-order valence-corrected chi connectivity index (χ4v) is 6.60. The van der Waals surface area contributed by atoms with Gasteiger partial charge in [-0.15, -0.1) is 0 Å². The third-order valence-electron chi connectivity index (χ3n) is 8.18. The molecule has 2 bridgehead atoms. The van der Waals surface area contributed by atoms with Gasteiger partial charge in [-0.3, -0.25) is 0 Å². The molecule has 3 aliphatic carbocycles. The van der Waals surface area contributed by atoms with E-state index in [-0.39, 0.29) is 11.8 Å². The zero-order chi connectivity index (χ0) is 22.6. The molecular weight excluding hydrogens is 412 g/mol. The molecular formula is C32H22N2.